The van der Waals surface area contributed by atoms with Crippen LogP contribution in [-0.4, -0.2) is 25.7 Å². The molecule has 6 nitrogen and oxygen atoms in total. The van der Waals surface area contributed by atoms with E-state index >= 15 is 0 Å². The topological polar surface area (TPSA) is 72.7 Å². The molecule has 0 aliphatic carbocycles. The number of pyridine rings is 1. The maximum Gasteiger partial charge on any atom is 0.270 e. The van der Waals surface area contributed by atoms with Gasteiger partial charge in [-0.05, 0) is 19.1 Å². The molecule has 0 aliphatic rings. The van der Waals surface area contributed by atoms with E-state index in [0.29, 0.717) is 5.82 Å². The molecule has 2 aromatic rings. The van der Waals surface area contributed by atoms with Crippen LogP contribution in [0.4, 0.5) is 0 Å². The molecule has 0 radical (unpaired) electrons. The molecule has 7 heteroatoms. The molecular formula is C11H12ClN5O. The maximum absolute atomic E-state index is 11.9. The molecule has 2 heterocycles. The van der Waals surface area contributed by atoms with Crippen molar-refractivity contribution in [2.24, 2.45) is 7.05 Å². The third-order valence-corrected chi connectivity index (χ3v) is 2.64. The summed E-state index contributed by atoms with van der Waals surface area (Å²) in [6, 6.07) is 4.64. The van der Waals surface area contributed by atoms with Gasteiger partial charge in [0.1, 0.15) is 17.2 Å². The largest absolute Gasteiger partial charge is 0.341 e. The molecule has 0 aliphatic heterocycles. The molecule has 1 amide bonds. The second-order valence-corrected chi connectivity index (χ2v) is 4.23. The van der Waals surface area contributed by atoms with Crippen molar-refractivity contribution in [2.45, 2.75) is 13.0 Å². The molecule has 0 aromatic carbocycles. The second-order valence-electron chi connectivity index (χ2n) is 3.84. The maximum atomic E-state index is 11.9. The summed E-state index contributed by atoms with van der Waals surface area (Å²) in [5.74, 6) is 0.373. The van der Waals surface area contributed by atoms with E-state index in [1.165, 1.54) is 0 Å². The van der Waals surface area contributed by atoms with Gasteiger partial charge in [0.05, 0.1) is 6.04 Å². The van der Waals surface area contributed by atoms with Crippen LogP contribution in [0.1, 0.15) is 29.3 Å². The quantitative estimate of drug-likeness (QED) is 0.851. The minimum atomic E-state index is -0.298. The molecule has 0 fully saturated rings. The Morgan fingerprint density at radius 2 is 2.28 bits per heavy atom. The van der Waals surface area contributed by atoms with Crippen molar-refractivity contribution in [3.63, 3.8) is 0 Å². The second kappa shape index (κ2) is 5.14. The number of carbonyl (C=O) groups is 1. The average molecular weight is 266 g/mol. The molecule has 1 atom stereocenters. The number of halogens is 1. The first-order valence-electron chi connectivity index (χ1n) is 5.35. The molecule has 1 N–H and O–H groups in total. The first-order valence-corrected chi connectivity index (χ1v) is 5.73. The van der Waals surface area contributed by atoms with Crippen LogP contribution in [0, 0.1) is 0 Å². The number of hydrogen-bond acceptors (Lipinski definition) is 4. The van der Waals surface area contributed by atoms with Gasteiger partial charge >= 0.3 is 0 Å². The SMILES string of the molecule is CC(NC(=O)c1cccc(Cl)n1)c1nncn1C. The summed E-state index contributed by atoms with van der Waals surface area (Å²) in [5.41, 5.74) is 0.275. The number of amides is 1. The third-order valence-electron chi connectivity index (χ3n) is 2.43. The Hall–Kier alpha value is -1.95. The van der Waals surface area contributed by atoms with E-state index in [2.05, 4.69) is 20.5 Å². The molecule has 2 rings (SSSR count). The van der Waals surface area contributed by atoms with Gasteiger partial charge in [0.15, 0.2) is 5.82 Å². The number of rotatable bonds is 3. The minimum absolute atomic E-state index is 0.259. The smallest absolute Gasteiger partial charge is 0.270 e. The lowest BCUT2D eigenvalue weighted by atomic mass is 10.2. The van der Waals surface area contributed by atoms with Crippen molar-refractivity contribution >= 4 is 17.5 Å². The lowest BCUT2D eigenvalue weighted by molar-refractivity contribution is 0.0932. The first-order chi connectivity index (χ1) is 8.58. The number of nitrogens with one attached hydrogen (secondary N) is 1. The highest BCUT2D eigenvalue weighted by Crippen LogP contribution is 2.10. The Kier molecular flexibility index (Phi) is 3.57. The van der Waals surface area contributed by atoms with E-state index in [9.17, 15) is 4.79 Å². The van der Waals surface area contributed by atoms with Crippen molar-refractivity contribution in [1.29, 1.82) is 0 Å². The zero-order valence-electron chi connectivity index (χ0n) is 9.96. The standard InChI is InChI=1S/C11H12ClN5O/c1-7(10-16-13-6-17(10)2)14-11(18)8-4-3-5-9(12)15-8/h3-7H,1-2H3,(H,14,18). The van der Waals surface area contributed by atoms with E-state index < -0.39 is 0 Å². The average Bonchev–Trinajstić information content (AvgIpc) is 2.75. The fourth-order valence-electron chi connectivity index (χ4n) is 1.55. The van der Waals surface area contributed by atoms with Gasteiger partial charge in [0.25, 0.3) is 5.91 Å². The fourth-order valence-corrected chi connectivity index (χ4v) is 1.72. The third kappa shape index (κ3) is 2.65. The summed E-state index contributed by atoms with van der Waals surface area (Å²) in [6.45, 7) is 1.83. The summed E-state index contributed by atoms with van der Waals surface area (Å²) in [4.78, 5) is 15.9. The Morgan fingerprint density at radius 1 is 1.50 bits per heavy atom. The number of hydrogen-bond donors (Lipinski definition) is 1. The highest BCUT2D eigenvalue weighted by Gasteiger charge is 2.16. The van der Waals surface area contributed by atoms with Crippen LogP contribution in [0.2, 0.25) is 5.15 Å². The van der Waals surface area contributed by atoms with Gasteiger partial charge in [-0.25, -0.2) is 4.98 Å². The van der Waals surface area contributed by atoms with E-state index in [-0.39, 0.29) is 22.8 Å². The van der Waals surface area contributed by atoms with Crippen molar-refractivity contribution < 1.29 is 4.79 Å². The Bertz CT molecular complexity index is 568. The van der Waals surface area contributed by atoms with Gasteiger partial charge in [-0.15, -0.1) is 10.2 Å². The fraction of sp³-hybridized carbons (Fsp3) is 0.273. The molecule has 2 aromatic heterocycles. The molecule has 0 bridgehead atoms. The Balaban J connectivity index is 2.10. The van der Waals surface area contributed by atoms with Crippen molar-refractivity contribution in [1.82, 2.24) is 25.1 Å². The number of nitrogens with zero attached hydrogens (tertiary/aromatic N) is 4. The van der Waals surface area contributed by atoms with E-state index in [0.717, 1.165) is 0 Å². The van der Waals surface area contributed by atoms with Gasteiger partial charge in [-0.1, -0.05) is 17.7 Å². The van der Waals surface area contributed by atoms with Gasteiger partial charge < -0.3 is 9.88 Å². The number of aryl methyl sites for hydroxylation is 1. The highest BCUT2D eigenvalue weighted by molar-refractivity contribution is 6.29. The lowest BCUT2D eigenvalue weighted by Crippen LogP contribution is -2.29. The van der Waals surface area contributed by atoms with Crippen LogP contribution in [0.15, 0.2) is 24.5 Å². The van der Waals surface area contributed by atoms with Gasteiger partial charge in [0, 0.05) is 7.05 Å². The highest BCUT2D eigenvalue weighted by atomic mass is 35.5. The van der Waals surface area contributed by atoms with Gasteiger partial charge in [0.2, 0.25) is 0 Å². The molecule has 0 saturated heterocycles. The van der Waals surface area contributed by atoms with Crippen LogP contribution in [0.25, 0.3) is 0 Å². The Labute approximate surface area is 109 Å². The van der Waals surface area contributed by atoms with Crippen LogP contribution in [0.3, 0.4) is 0 Å². The van der Waals surface area contributed by atoms with Crippen LogP contribution < -0.4 is 5.32 Å². The zero-order chi connectivity index (χ0) is 13.1. The van der Waals surface area contributed by atoms with Crippen molar-refractivity contribution in [3.05, 3.63) is 41.2 Å². The summed E-state index contributed by atoms with van der Waals surface area (Å²) < 4.78 is 1.75. The Morgan fingerprint density at radius 3 is 2.89 bits per heavy atom. The molecule has 0 saturated carbocycles. The summed E-state index contributed by atoms with van der Waals surface area (Å²) in [5, 5.41) is 10.8. The number of carbonyl (C=O) groups excluding carboxylic acids is 1. The van der Waals surface area contributed by atoms with Crippen molar-refractivity contribution in [3.8, 4) is 0 Å². The van der Waals surface area contributed by atoms with E-state index in [1.54, 1.807) is 29.1 Å². The molecule has 1 unspecified atom stereocenters. The number of aromatic nitrogens is 4. The predicted molar refractivity (Wildman–Crippen MR) is 66.1 cm³/mol. The molecule has 0 spiro atoms. The summed E-state index contributed by atoms with van der Waals surface area (Å²) >= 11 is 5.73. The van der Waals surface area contributed by atoms with Gasteiger partial charge in [-0.2, -0.15) is 0 Å². The predicted octanol–water partition coefficient (Wildman–Crippen LogP) is 1.35. The summed E-state index contributed by atoms with van der Waals surface area (Å²) in [7, 11) is 1.82. The van der Waals surface area contributed by atoms with Crippen LogP contribution in [-0.2, 0) is 7.05 Å². The molecule has 18 heavy (non-hydrogen) atoms. The molecular weight excluding hydrogens is 254 g/mol. The minimum Gasteiger partial charge on any atom is -0.341 e. The van der Waals surface area contributed by atoms with E-state index in [4.69, 9.17) is 11.6 Å². The van der Waals surface area contributed by atoms with Crippen LogP contribution in [0.5, 0.6) is 0 Å². The molecule has 94 valence electrons. The van der Waals surface area contributed by atoms with Gasteiger partial charge in [-0.3, -0.25) is 4.79 Å². The van der Waals surface area contributed by atoms with E-state index in [1.807, 2.05) is 14.0 Å². The first kappa shape index (κ1) is 12.5. The monoisotopic (exact) mass is 265 g/mol. The van der Waals surface area contributed by atoms with Crippen LogP contribution >= 0.6 is 11.6 Å². The lowest BCUT2D eigenvalue weighted by Gasteiger charge is -2.12. The van der Waals surface area contributed by atoms with Crippen molar-refractivity contribution in [2.75, 3.05) is 0 Å². The summed E-state index contributed by atoms with van der Waals surface area (Å²) in [6.07, 6.45) is 1.58. The zero-order valence-corrected chi connectivity index (χ0v) is 10.7. The normalized spacial score (nSPS) is 12.2.